The van der Waals surface area contributed by atoms with Gasteiger partial charge in [-0.25, -0.2) is 4.68 Å². The first kappa shape index (κ1) is 17.9. The zero-order chi connectivity index (χ0) is 17.5. The summed E-state index contributed by atoms with van der Waals surface area (Å²) >= 11 is 0. The molecule has 0 aliphatic rings. The maximum absolute atomic E-state index is 12.3. The molecule has 0 radical (unpaired) electrons. The Kier molecular flexibility index (Phi) is 6.31. The summed E-state index contributed by atoms with van der Waals surface area (Å²) in [6, 6.07) is 6.66. The molecule has 24 heavy (non-hydrogen) atoms. The molecule has 2 N–H and O–H groups in total. The van der Waals surface area contributed by atoms with Gasteiger partial charge in [0.25, 0.3) is 11.1 Å². The van der Waals surface area contributed by atoms with Gasteiger partial charge < -0.3 is 10.2 Å². The fraction of sp³-hybridized carbons (Fsp3) is 0.471. The minimum atomic E-state index is -0.327. The van der Waals surface area contributed by atoms with E-state index in [1.165, 1.54) is 4.68 Å². The average Bonchev–Trinajstić information content (AvgIpc) is 2.60. The third-order valence-electron chi connectivity index (χ3n) is 4.09. The van der Waals surface area contributed by atoms with Crippen molar-refractivity contribution in [3.05, 3.63) is 45.0 Å². The number of aryl methyl sites for hydroxylation is 1. The van der Waals surface area contributed by atoms with Gasteiger partial charge in [0.2, 0.25) is 5.91 Å². The lowest BCUT2D eigenvalue weighted by atomic mass is 10.2. The standard InChI is InChI=1S/C17H24N4O3/c1-3-20(4-2)12-10-18-15(22)9-11-21-17(24)14-8-6-5-7-13(14)16(23)19-21/h5-8H,3-4,9-12H2,1-2H3,(H,18,22)(H,19,23). The van der Waals surface area contributed by atoms with Gasteiger partial charge in [-0.05, 0) is 25.2 Å². The van der Waals surface area contributed by atoms with E-state index in [-0.39, 0.29) is 30.0 Å². The molecule has 2 rings (SSSR count). The van der Waals surface area contributed by atoms with E-state index in [9.17, 15) is 14.4 Å². The minimum Gasteiger partial charge on any atom is -0.355 e. The van der Waals surface area contributed by atoms with Crippen molar-refractivity contribution in [2.24, 2.45) is 0 Å². The number of hydrogen-bond donors (Lipinski definition) is 2. The van der Waals surface area contributed by atoms with Crippen LogP contribution in [0.3, 0.4) is 0 Å². The molecule has 0 saturated carbocycles. The predicted molar refractivity (Wildman–Crippen MR) is 94.2 cm³/mol. The number of aromatic nitrogens is 2. The quantitative estimate of drug-likeness (QED) is 0.738. The Balaban J connectivity index is 1.96. The van der Waals surface area contributed by atoms with Crippen LogP contribution in [0.4, 0.5) is 0 Å². The number of aromatic amines is 1. The first-order chi connectivity index (χ1) is 11.6. The minimum absolute atomic E-state index is 0.136. The van der Waals surface area contributed by atoms with Crippen molar-refractivity contribution in [1.82, 2.24) is 20.0 Å². The highest BCUT2D eigenvalue weighted by molar-refractivity contribution is 5.80. The fourth-order valence-corrected chi connectivity index (χ4v) is 2.60. The molecule has 0 aliphatic heterocycles. The van der Waals surface area contributed by atoms with Gasteiger partial charge in [-0.3, -0.25) is 19.5 Å². The third-order valence-corrected chi connectivity index (χ3v) is 4.09. The van der Waals surface area contributed by atoms with Crippen LogP contribution in [0.2, 0.25) is 0 Å². The molecule has 130 valence electrons. The summed E-state index contributed by atoms with van der Waals surface area (Å²) in [7, 11) is 0. The Morgan fingerprint density at radius 2 is 1.83 bits per heavy atom. The number of likely N-dealkylation sites (N-methyl/N-ethyl adjacent to an activating group) is 1. The van der Waals surface area contributed by atoms with Crippen molar-refractivity contribution in [1.29, 1.82) is 0 Å². The van der Waals surface area contributed by atoms with E-state index < -0.39 is 0 Å². The largest absolute Gasteiger partial charge is 0.355 e. The summed E-state index contributed by atoms with van der Waals surface area (Å²) in [6.07, 6.45) is 0.145. The molecule has 0 fully saturated rings. The van der Waals surface area contributed by atoms with Crippen molar-refractivity contribution >= 4 is 16.7 Å². The number of fused-ring (bicyclic) bond motifs is 1. The summed E-state index contributed by atoms with van der Waals surface area (Å²) in [6.45, 7) is 7.56. The lowest BCUT2D eigenvalue weighted by molar-refractivity contribution is -0.121. The van der Waals surface area contributed by atoms with Gasteiger partial charge in [-0.1, -0.05) is 26.0 Å². The Morgan fingerprint density at radius 1 is 1.17 bits per heavy atom. The second-order valence-electron chi connectivity index (χ2n) is 5.57. The van der Waals surface area contributed by atoms with Crippen LogP contribution in [0.15, 0.2) is 33.9 Å². The molecule has 1 heterocycles. The van der Waals surface area contributed by atoms with Crippen molar-refractivity contribution in [3.8, 4) is 0 Å². The molecule has 0 spiro atoms. The SMILES string of the molecule is CCN(CC)CCNC(=O)CCn1[nH]c(=O)c2ccccc2c1=O. The number of hydrogen-bond acceptors (Lipinski definition) is 4. The second-order valence-corrected chi connectivity index (χ2v) is 5.57. The predicted octanol–water partition coefficient (Wildman–Crippen LogP) is 0.538. The van der Waals surface area contributed by atoms with Gasteiger partial charge in [0.15, 0.2) is 0 Å². The monoisotopic (exact) mass is 332 g/mol. The number of H-pyrrole nitrogens is 1. The lowest BCUT2D eigenvalue weighted by Crippen LogP contribution is -2.36. The molecule has 0 atom stereocenters. The van der Waals surface area contributed by atoms with Crippen LogP contribution < -0.4 is 16.4 Å². The number of nitrogens with one attached hydrogen (secondary N) is 2. The summed E-state index contributed by atoms with van der Waals surface area (Å²) in [5, 5.41) is 6.09. The fourth-order valence-electron chi connectivity index (χ4n) is 2.60. The molecule has 7 nitrogen and oxygen atoms in total. The number of nitrogens with zero attached hydrogens (tertiary/aromatic N) is 2. The molecule has 0 aliphatic carbocycles. The first-order valence-corrected chi connectivity index (χ1v) is 8.27. The van der Waals surface area contributed by atoms with Crippen LogP contribution in [-0.2, 0) is 11.3 Å². The molecular formula is C17H24N4O3. The summed E-state index contributed by atoms with van der Waals surface area (Å²) in [4.78, 5) is 38.4. The maximum Gasteiger partial charge on any atom is 0.273 e. The summed E-state index contributed by atoms with van der Waals surface area (Å²) < 4.78 is 1.20. The normalized spacial score (nSPS) is 11.1. The first-order valence-electron chi connectivity index (χ1n) is 8.27. The number of carbonyl (C=O) groups excluding carboxylic acids is 1. The van der Waals surface area contributed by atoms with Gasteiger partial charge in [0.1, 0.15) is 0 Å². The van der Waals surface area contributed by atoms with E-state index in [0.29, 0.717) is 17.3 Å². The molecule has 0 unspecified atom stereocenters. The van der Waals surface area contributed by atoms with Crippen LogP contribution in [0.1, 0.15) is 20.3 Å². The zero-order valence-electron chi connectivity index (χ0n) is 14.2. The van der Waals surface area contributed by atoms with Crippen molar-refractivity contribution < 1.29 is 4.79 Å². The smallest absolute Gasteiger partial charge is 0.273 e. The highest BCUT2D eigenvalue weighted by atomic mass is 16.2. The Bertz CT molecular complexity index is 805. The Morgan fingerprint density at radius 3 is 2.50 bits per heavy atom. The van der Waals surface area contributed by atoms with Gasteiger partial charge in [-0.15, -0.1) is 0 Å². The molecule has 0 bridgehead atoms. The van der Waals surface area contributed by atoms with Crippen molar-refractivity contribution in [3.63, 3.8) is 0 Å². The van der Waals surface area contributed by atoms with Gasteiger partial charge in [-0.2, -0.15) is 0 Å². The molecular weight excluding hydrogens is 308 g/mol. The molecule has 1 amide bonds. The van der Waals surface area contributed by atoms with Crippen molar-refractivity contribution in [2.75, 3.05) is 26.2 Å². The van der Waals surface area contributed by atoms with Gasteiger partial charge in [0.05, 0.1) is 17.3 Å². The number of carbonyl (C=O) groups is 1. The zero-order valence-corrected chi connectivity index (χ0v) is 14.2. The van der Waals surface area contributed by atoms with E-state index in [1.54, 1.807) is 24.3 Å². The highest BCUT2D eigenvalue weighted by Crippen LogP contribution is 2.02. The summed E-state index contributed by atoms with van der Waals surface area (Å²) in [5.41, 5.74) is -0.617. The maximum atomic E-state index is 12.3. The topological polar surface area (TPSA) is 87.2 Å². The van der Waals surface area contributed by atoms with Crippen LogP contribution in [0.5, 0.6) is 0 Å². The molecule has 1 aromatic carbocycles. The average molecular weight is 332 g/mol. The van der Waals surface area contributed by atoms with E-state index in [1.807, 2.05) is 0 Å². The number of rotatable bonds is 8. The van der Waals surface area contributed by atoms with E-state index >= 15 is 0 Å². The van der Waals surface area contributed by atoms with E-state index in [0.717, 1.165) is 19.6 Å². The molecule has 2 aromatic rings. The second kappa shape index (κ2) is 8.44. The van der Waals surface area contributed by atoms with E-state index in [2.05, 4.69) is 29.2 Å². The van der Waals surface area contributed by atoms with Crippen LogP contribution in [0.25, 0.3) is 10.8 Å². The van der Waals surface area contributed by atoms with Gasteiger partial charge in [0, 0.05) is 19.5 Å². The molecule has 7 heteroatoms. The third kappa shape index (κ3) is 4.32. The van der Waals surface area contributed by atoms with Crippen LogP contribution in [0, 0.1) is 0 Å². The number of benzene rings is 1. The summed E-state index contributed by atoms with van der Waals surface area (Å²) in [5.74, 6) is -0.136. The molecule has 1 aromatic heterocycles. The number of amides is 1. The van der Waals surface area contributed by atoms with Crippen LogP contribution in [-0.4, -0.2) is 46.8 Å². The Hall–Kier alpha value is -2.41. The highest BCUT2D eigenvalue weighted by Gasteiger charge is 2.08. The Labute approximate surface area is 140 Å². The lowest BCUT2D eigenvalue weighted by Gasteiger charge is -2.17. The van der Waals surface area contributed by atoms with Crippen molar-refractivity contribution in [2.45, 2.75) is 26.8 Å². The van der Waals surface area contributed by atoms with Crippen LogP contribution >= 0.6 is 0 Å². The van der Waals surface area contributed by atoms with Gasteiger partial charge >= 0.3 is 0 Å². The van der Waals surface area contributed by atoms with E-state index in [4.69, 9.17) is 0 Å². The molecule has 0 saturated heterocycles.